The minimum atomic E-state index is -1.13. The van der Waals surface area contributed by atoms with E-state index < -0.39 is 17.4 Å². The van der Waals surface area contributed by atoms with E-state index in [0.717, 1.165) is 6.42 Å². The summed E-state index contributed by atoms with van der Waals surface area (Å²) in [5.41, 5.74) is -0.126. The summed E-state index contributed by atoms with van der Waals surface area (Å²) in [6.45, 7) is 0. The molecule has 108 valence electrons. The fourth-order valence-electron chi connectivity index (χ4n) is 2.30. The second kappa shape index (κ2) is 4.97. The number of amides is 1. The Kier molecular flexibility index (Phi) is 3.13. The van der Waals surface area contributed by atoms with Gasteiger partial charge in [-0.3, -0.25) is 4.79 Å². The van der Waals surface area contributed by atoms with Crippen LogP contribution in [-0.4, -0.2) is 43.1 Å². The SMILES string of the molecule is O=C(NC1(C(=O)O)CCC1)c1cccc(-c2nn[nH]n2)c1. The fourth-order valence-corrected chi connectivity index (χ4v) is 2.30. The maximum atomic E-state index is 12.2. The molecule has 1 saturated carbocycles. The van der Waals surface area contributed by atoms with Crippen LogP contribution >= 0.6 is 0 Å². The number of aliphatic carboxylic acids is 1. The number of aromatic nitrogens is 4. The first-order valence-electron chi connectivity index (χ1n) is 6.50. The van der Waals surface area contributed by atoms with Gasteiger partial charge in [0.25, 0.3) is 5.91 Å². The number of H-pyrrole nitrogens is 1. The highest BCUT2D eigenvalue weighted by molar-refractivity contribution is 5.98. The van der Waals surface area contributed by atoms with Crippen molar-refractivity contribution in [3.8, 4) is 11.4 Å². The Balaban J connectivity index is 1.82. The molecular weight excluding hydrogens is 274 g/mol. The van der Waals surface area contributed by atoms with E-state index in [-0.39, 0.29) is 0 Å². The van der Waals surface area contributed by atoms with Crippen molar-refractivity contribution in [1.29, 1.82) is 0 Å². The molecule has 0 bridgehead atoms. The van der Waals surface area contributed by atoms with Crippen molar-refractivity contribution in [2.75, 3.05) is 0 Å². The number of carbonyl (C=O) groups excluding carboxylic acids is 1. The van der Waals surface area contributed by atoms with Crippen molar-refractivity contribution in [1.82, 2.24) is 25.9 Å². The summed E-state index contributed by atoms with van der Waals surface area (Å²) in [7, 11) is 0. The first kappa shape index (κ1) is 13.2. The van der Waals surface area contributed by atoms with Crippen molar-refractivity contribution < 1.29 is 14.7 Å². The average molecular weight is 287 g/mol. The molecule has 0 spiro atoms. The second-order valence-electron chi connectivity index (χ2n) is 5.01. The van der Waals surface area contributed by atoms with Gasteiger partial charge in [-0.2, -0.15) is 5.21 Å². The van der Waals surface area contributed by atoms with Crippen molar-refractivity contribution in [3.05, 3.63) is 29.8 Å². The molecule has 3 N–H and O–H groups in total. The molecule has 3 rings (SSSR count). The normalized spacial score (nSPS) is 16.0. The molecule has 8 nitrogen and oxygen atoms in total. The third-order valence-corrected chi connectivity index (χ3v) is 3.70. The molecule has 2 aromatic rings. The van der Waals surface area contributed by atoms with Crippen molar-refractivity contribution in [2.45, 2.75) is 24.8 Å². The maximum absolute atomic E-state index is 12.2. The van der Waals surface area contributed by atoms with Gasteiger partial charge >= 0.3 is 5.97 Å². The number of rotatable bonds is 4. The Morgan fingerprint density at radius 3 is 2.71 bits per heavy atom. The Bertz CT molecular complexity index is 679. The lowest BCUT2D eigenvalue weighted by atomic mass is 9.76. The van der Waals surface area contributed by atoms with Crippen molar-refractivity contribution in [2.24, 2.45) is 0 Å². The lowest BCUT2D eigenvalue weighted by Gasteiger charge is -2.38. The topological polar surface area (TPSA) is 121 Å². The van der Waals surface area contributed by atoms with E-state index in [1.54, 1.807) is 24.3 Å². The molecule has 0 aliphatic heterocycles. The number of tetrazole rings is 1. The van der Waals surface area contributed by atoms with Gasteiger partial charge < -0.3 is 10.4 Å². The Hall–Kier alpha value is -2.77. The first-order chi connectivity index (χ1) is 10.1. The molecule has 21 heavy (non-hydrogen) atoms. The lowest BCUT2D eigenvalue weighted by Crippen LogP contribution is -2.59. The quantitative estimate of drug-likeness (QED) is 0.757. The number of carboxylic acids is 1. The van der Waals surface area contributed by atoms with Gasteiger partial charge in [0.05, 0.1) is 0 Å². The highest BCUT2D eigenvalue weighted by atomic mass is 16.4. The highest BCUT2D eigenvalue weighted by Gasteiger charge is 2.45. The van der Waals surface area contributed by atoms with E-state index in [1.807, 2.05) is 0 Å². The number of nitrogens with zero attached hydrogens (tertiary/aromatic N) is 3. The van der Waals surface area contributed by atoms with Crippen LogP contribution < -0.4 is 5.32 Å². The van der Waals surface area contributed by atoms with E-state index in [4.69, 9.17) is 0 Å². The minimum Gasteiger partial charge on any atom is -0.480 e. The molecule has 8 heteroatoms. The standard InChI is InChI=1S/C13H13N5O3/c19-11(14-13(12(20)21)5-2-6-13)9-4-1-3-8(7-9)10-15-17-18-16-10/h1,3-4,7H,2,5-6H2,(H,14,19)(H,20,21)(H,15,16,17,18). The number of hydrogen-bond acceptors (Lipinski definition) is 5. The average Bonchev–Trinajstić information content (AvgIpc) is 2.96. The predicted molar refractivity (Wildman–Crippen MR) is 71.3 cm³/mol. The summed E-state index contributed by atoms with van der Waals surface area (Å²) >= 11 is 0. The van der Waals surface area contributed by atoms with Crippen LogP contribution in [0.1, 0.15) is 29.6 Å². The first-order valence-corrected chi connectivity index (χ1v) is 6.50. The smallest absolute Gasteiger partial charge is 0.329 e. The number of nitrogens with one attached hydrogen (secondary N) is 2. The molecular formula is C13H13N5O3. The molecule has 0 unspecified atom stereocenters. The van der Waals surface area contributed by atoms with Crippen LogP contribution in [-0.2, 0) is 4.79 Å². The lowest BCUT2D eigenvalue weighted by molar-refractivity contribution is -0.148. The molecule has 0 atom stereocenters. The Morgan fingerprint density at radius 1 is 1.33 bits per heavy atom. The molecule has 0 saturated heterocycles. The number of carbonyl (C=O) groups is 2. The molecule has 1 aromatic carbocycles. The van der Waals surface area contributed by atoms with Crippen LogP contribution in [0.4, 0.5) is 0 Å². The van der Waals surface area contributed by atoms with Gasteiger partial charge in [0.1, 0.15) is 5.54 Å². The summed E-state index contributed by atoms with van der Waals surface area (Å²) < 4.78 is 0. The Labute approximate surface area is 119 Å². The van der Waals surface area contributed by atoms with E-state index >= 15 is 0 Å². The number of aromatic amines is 1. The number of hydrogen-bond donors (Lipinski definition) is 3. The van der Waals surface area contributed by atoms with Crippen LogP contribution in [0.5, 0.6) is 0 Å². The van der Waals surface area contributed by atoms with E-state index in [9.17, 15) is 14.7 Å². The van der Waals surface area contributed by atoms with Crippen molar-refractivity contribution >= 4 is 11.9 Å². The third-order valence-electron chi connectivity index (χ3n) is 3.70. The molecule has 1 amide bonds. The minimum absolute atomic E-state index is 0.366. The fraction of sp³-hybridized carbons (Fsp3) is 0.308. The molecule has 1 fully saturated rings. The zero-order chi connectivity index (χ0) is 14.9. The van der Waals surface area contributed by atoms with Gasteiger partial charge in [-0.25, -0.2) is 4.79 Å². The second-order valence-corrected chi connectivity index (χ2v) is 5.01. The largest absolute Gasteiger partial charge is 0.480 e. The number of carboxylic acid groups (broad SMARTS) is 1. The molecule has 1 heterocycles. The maximum Gasteiger partial charge on any atom is 0.329 e. The monoisotopic (exact) mass is 287 g/mol. The zero-order valence-corrected chi connectivity index (χ0v) is 11.0. The van der Waals surface area contributed by atoms with Crippen LogP contribution in [0.15, 0.2) is 24.3 Å². The van der Waals surface area contributed by atoms with Gasteiger partial charge in [-0.05, 0) is 36.6 Å². The van der Waals surface area contributed by atoms with Gasteiger partial charge in [-0.1, -0.05) is 12.1 Å². The molecule has 1 aromatic heterocycles. The summed E-state index contributed by atoms with van der Waals surface area (Å²) in [4.78, 5) is 23.5. The van der Waals surface area contributed by atoms with E-state index in [1.165, 1.54) is 0 Å². The van der Waals surface area contributed by atoms with Gasteiger partial charge in [0.2, 0.25) is 5.82 Å². The summed E-state index contributed by atoms with van der Waals surface area (Å²) in [5, 5.41) is 25.3. The van der Waals surface area contributed by atoms with Crippen LogP contribution in [0.2, 0.25) is 0 Å². The third kappa shape index (κ3) is 2.35. The summed E-state index contributed by atoms with van der Waals surface area (Å²) in [6.07, 6.45) is 1.71. The van der Waals surface area contributed by atoms with Crippen LogP contribution in [0.25, 0.3) is 11.4 Å². The van der Waals surface area contributed by atoms with Gasteiger partial charge in [-0.15, -0.1) is 10.2 Å². The van der Waals surface area contributed by atoms with E-state index in [2.05, 4.69) is 25.9 Å². The van der Waals surface area contributed by atoms with Gasteiger partial charge in [0, 0.05) is 11.1 Å². The highest BCUT2D eigenvalue weighted by Crippen LogP contribution is 2.32. The van der Waals surface area contributed by atoms with Gasteiger partial charge in [0.15, 0.2) is 0 Å². The predicted octanol–water partition coefficient (Wildman–Crippen LogP) is 0.604. The van der Waals surface area contributed by atoms with Crippen LogP contribution in [0.3, 0.4) is 0 Å². The summed E-state index contributed by atoms with van der Waals surface area (Å²) in [6, 6.07) is 6.66. The summed E-state index contributed by atoms with van der Waals surface area (Å²) in [5.74, 6) is -1.03. The molecule has 1 aliphatic rings. The molecule has 0 radical (unpaired) electrons. The van der Waals surface area contributed by atoms with E-state index in [0.29, 0.717) is 29.8 Å². The van der Waals surface area contributed by atoms with Crippen molar-refractivity contribution in [3.63, 3.8) is 0 Å². The number of benzene rings is 1. The Morgan fingerprint density at radius 2 is 2.14 bits per heavy atom. The van der Waals surface area contributed by atoms with Crippen LogP contribution in [0, 0.1) is 0 Å². The zero-order valence-electron chi connectivity index (χ0n) is 11.0. The molecule has 1 aliphatic carbocycles.